The highest BCUT2D eigenvalue weighted by molar-refractivity contribution is 5.54. The summed E-state index contributed by atoms with van der Waals surface area (Å²) in [6, 6.07) is 2.70. The van der Waals surface area contributed by atoms with Gasteiger partial charge < -0.3 is 19.3 Å². The van der Waals surface area contributed by atoms with Crippen molar-refractivity contribution in [1.29, 1.82) is 0 Å². The number of methoxy groups -OCH3 is 1. The van der Waals surface area contributed by atoms with Crippen LogP contribution in [0.5, 0.6) is 11.5 Å². The summed E-state index contributed by atoms with van der Waals surface area (Å²) < 4.78 is 16.0. The minimum Gasteiger partial charge on any atom is -0.493 e. The highest BCUT2D eigenvalue weighted by atomic mass is 16.6. The first kappa shape index (κ1) is 13.6. The van der Waals surface area contributed by atoms with Crippen LogP contribution in [0.3, 0.4) is 0 Å². The van der Waals surface area contributed by atoms with Crippen LogP contribution in [0.25, 0.3) is 0 Å². The number of nitro groups is 1. The fourth-order valence-corrected chi connectivity index (χ4v) is 1.92. The summed E-state index contributed by atoms with van der Waals surface area (Å²) in [5.41, 5.74) is 0.00841. The minimum atomic E-state index is -0.553. The zero-order valence-electron chi connectivity index (χ0n) is 10.5. The SMILES string of the molecule is COc1cc(CO)c([N+](=O)[O-])cc1OC1CCOC1. The molecule has 1 unspecified atom stereocenters. The lowest BCUT2D eigenvalue weighted by atomic mass is 10.1. The maximum Gasteiger partial charge on any atom is 0.278 e. The monoisotopic (exact) mass is 269 g/mol. The molecule has 0 aliphatic carbocycles. The molecule has 7 heteroatoms. The number of hydrogen-bond donors (Lipinski definition) is 1. The lowest BCUT2D eigenvalue weighted by Crippen LogP contribution is -2.16. The van der Waals surface area contributed by atoms with E-state index in [1.807, 2.05) is 0 Å². The molecule has 1 N–H and O–H groups in total. The third-order valence-electron chi connectivity index (χ3n) is 2.91. The van der Waals surface area contributed by atoms with Gasteiger partial charge >= 0.3 is 0 Å². The van der Waals surface area contributed by atoms with E-state index in [9.17, 15) is 10.1 Å². The molecular weight excluding hydrogens is 254 g/mol. The quantitative estimate of drug-likeness (QED) is 0.639. The van der Waals surface area contributed by atoms with Crippen molar-refractivity contribution in [2.45, 2.75) is 19.1 Å². The molecule has 0 spiro atoms. The van der Waals surface area contributed by atoms with Crippen LogP contribution in [-0.4, -0.2) is 36.5 Å². The fourth-order valence-electron chi connectivity index (χ4n) is 1.92. The topological polar surface area (TPSA) is 91.1 Å². The van der Waals surface area contributed by atoms with Crippen molar-refractivity contribution < 1.29 is 24.2 Å². The Morgan fingerprint density at radius 3 is 2.84 bits per heavy atom. The van der Waals surface area contributed by atoms with Gasteiger partial charge in [0.05, 0.1) is 43.5 Å². The Morgan fingerprint density at radius 2 is 2.32 bits per heavy atom. The van der Waals surface area contributed by atoms with Gasteiger partial charge in [-0.05, 0) is 6.07 Å². The molecule has 7 nitrogen and oxygen atoms in total. The van der Waals surface area contributed by atoms with Crippen molar-refractivity contribution in [2.75, 3.05) is 20.3 Å². The van der Waals surface area contributed by atoms with Crippen molar-refractivity contribution in [3.8, 4) is 11.5 Å². The lowest BCUT2D eigenvalue weighted by Gasteiger charge is -2.15. The molecule has 1 aliphatic heterocycles. The molecule has 0 amide bonds. The third-order valence-corrected chi connectivity index (χ3v) is 2.91. The summed E-state index contributed by atoms with van der Waals surface area (Å²) in [7, 11) is 1.44. The van der Waals surface area contributed by atoms with Crippen molar-refractivity contribution >= 4 is 5.69 Å². The Balaban J connectivity index is 2.34. The predicted octanol–water partition coefficient (Wildman–Crippen LogP) is 1.26. The average Bonchev–Trinajstić information content (AvgIpc) is 2.91. The Morgan fingerprint density at radius 1 is 1.53 bits per heavy atom. The van der Waals surface area contributed by atoms with Gasteiger partial charge in [0.15, 0.2) is 11.5 Å². The lowest BCUT2D eigenvalue weighted by molar-refractivity contribution is -0.386. The largest absolute Gasteiger partial charge is 0.493 e. The van der Waals surface area contributed by atoms with Gasteiger partial charge in [0, 0.05) is 6.42 Å². The maximum absolute atomic E-state index is 10.9. The van der Waals surface area contributed by atoms with E-state index in [4.69, 9.17) is 19.3 Å². The van der Waals surface area contributed by atoms with Crippen molar-refractivity contribution in [3.63, 3.8) is 0 Å². The predicted molar refractivity (Wildman–Crippen MR) is 65.4 cm³/mol. The van der Waals surface area contributed by atoms with Crippen LogP contribution >= 0.6 is 0 Å². The van der Waals surface area contributed by atoms with E-state index in [1.165, 1.54) is 19.2 Å². The number of rotatable bonds is 5. The fraction of sp³-hybridized carbons (Fsp3) is 0.500. The Kier molecular flexibility index (Phi) is 4.18. The Labute approximate surface area is 109 Å². The number of hydrogen-bond acceptors (Lipinski definition) is 6. The van der Waals surface area contributed by atoms with Crippen LogP contribution in [0, 0.1) is 10.1 Å². The molecule has 1 aliphatic rings. The number of aliphatic hydroxyl groups is 1. The van der Waals surface area contributed by atoms with E-state index in [0.29, 0.717) is 24.7 Å². The molecule has 1 aromatic carbocycles. The molecule has 104 valence electrons. The standard InChI is InChI=1S/C12H15NO6/c1-17-11-4-8(6-14)10(13(15)16)5-12(11)19-9-2-3-18-7-9/h4-5,9,14H,2-3,6-7H2,1H3. The van der Waals surface area contributed by atoms with E-state index in [-0.39, 0.29) is 17.4 Å². The summed E-state index contributed by atoms with van der Waals surface area (Å²) in [6.45, 7) is 0.641. The normalized spacial score (nSPS) is 18.3. The molecule has 1 saturated heterocycles. The smallest absolute Gasteiger partial charge is 0.278 e. The van der Waals surface area contributed by atoms with Gasteiger partial charge in [0.25, 0.3) is 5.69 Å². The summed E-state index contributed by atoms with van der Waals surface area (Å²) >= 11 is 0. The molecule has 1 aromatic rings. The summed E-state index contributed by atoms with van der Waals surface area (Å²) in [6.07, 6.45) is 0.604. The third kappa shape index (κ3) is 2.94. The number of benzene rings is 1. The highest BCUT2D eigenvalue weighted by Crippen LogP contribution is 2.36. The number of aliphatic hydroxyl groups excluding tert-OH is 1. The molecule has 19 heavy (non-hydrogen) atoms. The first-order valence-corrected chi connectivity index (χ1v) is 5.86. The van der Waals surface area contributed by atoms with Crippen LogP contribution in [-0.2, 0) is 11.3 Å². The maximum atomic E-state index is 10.9. The molecular formula is C12H15NO6. The zero-order valence-corrected chi connectivity index (χ0v) is 10.5. The number of nitro benzene ring substituents is 1. The number of nitrogens with zero attached hydrogens (tertiary/aromatic N) is 1. The van der Waals surface area contributed by atoms with Gasteiger partial charge in [-0.15, -0.1) is 0 Å². The minimum absolute atomic E-state index is 0.131. The highest BCUT2D eigenvalue weighted by Gasteiger charge is 2.23. The Hall–Kier alpha value is -1.86. The summed E-state index contributed by atoms with van der Waals surface area (Å²) in [5.74, 6) is 0.656. The number of ether oxygens (including phenoxy) is 3. The molecule has 0 saturated carbocycles. The molecule has 2 rings (SSSR count). The second kappa shape index (κ2) is 5.85. The van der Waals surface area contributed by atoms with Crippen molar-refractivity contribution in [1.82, 2.24) is 0 Å². The molecule has 0 bridgehead atoms. The van der Waals surface area contributed by atoms with Crippen LogP contribution in [0.4, 0.5) is 5.69 Å². The van der Waals surface area contributed by atoms with Gasteiger partial charge in [0.1, 0.15) is 6.10 Å². The van der Waals surface area contributed by atoms with E-state index in [2.05, 4.69) is 0 Å². The summed E-state index contributed by atoms with van der Waals surface area (Å²) in [4.78, 5) is 10.4. The molecule has 0 aromatic heterocycles. The molecule has 0 radical (unpaired) electrons. The molecule has 1 fully saturated rings. The van der Waals surface area contributed by atoms with Crippen LogP contribution < -0.4 is 9.47 Å². The zero-order chi connectivity index (χ0) is 13.8. The van der Waals surface area contributed by atoms with E-state index in [1.54, 1.807) is 0 Å². The second-order valence-corrected chi connectivity index (χ2v) is 4.15. The molecule has 1 atom stereocenters. The Bertz CT molecular complexity index is 470. The van der Waals surface area contributed by atoms with Crippen molar-refractivity contribution in [3.05, 3.63) is 27.8 Å². The van der Waals surface area contributed by atoms with E-state index >= 15 is 0 Å². The van der Waals surface area contributed by atoms with E-state index < -0.39 is 11.5 Å². The van der Waals surface area contributed by atoms with Crippen molar-refractivity contribution in [2.24, 2.45) is 0 Å². The van der Waals surface area contributed by atoms with Crippen LogP contribution in [0.2, 0.25) is 0 Å². The van der Waals surface area contributed by atoms with Gasteiger partial charge in [-0.1, -0.05) is 0 Å². The van der Waals surface area contributed by atoms with Crippen LogP contribution in [0.15, 0.2) is 12.1 Å². The van der Waals surface area contributed by atoms with Gasteiger partial charge in [-0.3, -0.25) is 10.1 Å². The van der Waals surface area contributed by atoms with Gasteiger partial charge in [0.2, 0.25) is 0 Å². The molecule has 1 heterocycles. The second-order valence-electron chi connectivity index (χ2n) is 4.15. The van der Waals surface area contributed by atoms with Crippen LogP contribution in [0.1, 0.15) is 12.0 Å². The van der Waals surface area contributed by atoms with Gasteiger partial charge in [-0.2, -0.15) is 0 Å². The first-order valence-electron chi connectivity index (χ1n) is 5.86. The van der Waals surface area contributed by atoms with E-state index in [0.717, 1.165) is 6.42 Å². The average molecular weight is 269 g/mol. The summed E-state index contributed by atoms with van der Waals surface area (Å²) in [5, 5.41) is 20.1. The van der Waals surface area contributed by atoms with Gasteiger partial charge in [-0.25, -0.2) is 0 Å². The first-order chi connectivity index (χ1) is 9.15.